The largest absolute Gasteiger partial charge is 0.356 e. The zero-order valence-corrected chi connectivity index (χ0v) is 10.2. The minimum Gasteiger partial charge on any atom is -0.356 e. The second-order valence-electron chi connectivity index (χ2n) is 4.07. The van der Waals surface area contributed by atoms with Crippen molar-refractivity contribution < 1.29 is 4.79 Å². The van der Waals surface area contributed by atoms with E-state index >= 15 is 0 Å². The standard InChI is InChI=1S/C12H26N2O/c1-3-5-6-7-9-14-12(15)11(10-13)8-4-2/h11H,3-10,13H2,1-2H3,(H,14,15). The maximum absolute atomic E-state index is 11.6. The Morgan fingerprint density at radius 2 is 1.93 bits per heavy atom. The van der Waals surface area contributed by atoms with Gasteiger partial charge in [0, 0.05) is 13.1 Å². The molecule has 3 N–H and O–H groups in total. The van der Waals surface area contributed by atoms with Crippen LogP contribution in [0, 0.1) is 5.92 Å². The van der Waals surface area contributed by atoms with Crippen LogP contribution in [0.2, 0.25) is 0 Å². The van der Waals surface area contributed by atoms with Crippen LogP contribution in [0.1, 0.15) is 52.4 Å². The molecule has 0 heterocycles. The molecule has 0 aliphatic rings. The fourth-order valence-electron chi connectivity index (χ4n) is 1.61. The average molecular weight is 214 g/mol. The van der Waals surface area contributed by atoms with Crippen molar-refractivity contribution in [3.8, 4) is 0 Å². The van der Waals surface area contributed by atoms with Gasteiger partial charge in [-0.25, -0.2) is 0 Å². The Hall–Kier alpha value is -0.570. The minimum absolute atomic E-state index is 0.0150. The minimum atomic E-state index is 0.0150. The molecular weight excluding hydrogens is 188 g/mol. The predicted octanol–water partition coefficient (Wildman–Crippen LogP) is 2.06. The number of hydrogen-bond acceptors (Lipinski definition) is 2. The molecule has 0 aromatic rings. The summed E-state index contributed by atoms with van der Waals surface area (Å²) in [6.07, 6.45) is 6.70. The maximum atomic E-state index is 11.6. The molecule has 3 nitrogen and oxygen atoms in total. The zero-order valence-electron chi connectivity index (χ0n) is 10.2. The van der Waals surface area contributed by atoms with Gasteiger partial charge in [0.05, 0.1) is 5.92 Å². The summed E-state index contributed by atoms with van der Waals surface area (Å²) in [4.78, 5) is 11.6. The topological polar surface area (TPSA) is 55.1 Å². The number of rotatable bonds is 9. The van der Waals surface area contributed by atoms with E-state index in [1.165, 1.54) is 19.3 Å². The number of nitrogens with two attached hydrogens (primary N) is 1. The molecule has 90 valence electrons. The first-order valence-electron chi connectivity index (χ1n) is 6.24. The van der Waals surface area contributed by atoms with Gasteiger partial charge < -0.3 is 11.1 Å². The zero-order chi connectivity index (χ0) is 11.5. The van der Waals surface area contributed by atoms with Gasteiger partial charge in [0.25, 0.3) is 0 Å². The van der Waals surface area contributed by atoms with Gasteiger partial charge in [-0.2, -0.15) is 0 Å². The van der Waals surface area contributed by atoms with Crippen LogP contribution in [-0.4, -0.2) is 19.0 Å². The lowest BCUT2D eigenvalue weighted by atomic mass is 10.0. The molecule has 0 aliphatic heterocycles. The maximum Gasteiger partial charge on any atom is 0.224 e. The van der Waals surface area contributed by atoms with Crippen LogP contribution in [0.15, 0.2) is 0 Å². The van der Waals surface area contributed by atoms with E-state index in [4.69, 9.17) is 5.73 Å². The summed E-state index contributed by atoms with van der Waals surface area (Å²) in [6.45, 7) is 5.54. The van der Waals surface area contributed by atoms with Crippen molar-refractivity contribution in [1.82, 2.24) is 5.32 Å². The summed E-state index contributed by atoms with van der Waals surface area (Å²) in [5, 5.41) is 2.96. The summed E-state index contributed by atoms with van der Waals surface area (Å²) < 4.78 is 0. The van der Waals surface area contributed by atoms with E-state index in [2.05, 4.69) is 19.2 Å². The number of nitrogens with one attached hydrogen (secondary N) is 1. The van der Waals surface area contributed by atoms with Crippen LogP contribution in [0.25, 0.3) is 0 Å². The predicted molar refractivity (Wildman–Crippen MR) is 64.6 cm³/mol. The molecule has 0 rings (SSSR count). The quantitative estimate of drug-likeness (QED) is 0.577. The SMILES string of the molecule is CCCCCCNC(=O)C(CN)CCC. The van der Waals surface area contributed by atoms with Crippen LogP contribution in [-0.2, 0) is 4.79 Å². The van der Waals surface area contributed by atoms with Crippen LogP contribution in [0.5, 0.6) is 0 Å². The van der Waals surface area contributed by atoms with E-state index < -0.39 is 0 Å². The van der Waals surface area contributed by atoms with Crippen LogP contribution in [0.4, 0.5) is 0 Å². The molecular formula is C12H26N2O. The van der Waals surface area contributed by atoms with E-state index in [0.29, 0.717) is 6.54 Å². The third kappa shape index (κ3) is 7.37. The third-order valence-electron chi connectivity index (χ3n) is 2.62. The van der Waals surface area contributed by atoms with Gasteiger partial charge in [-0.3, -0.25) is 4.79 Å². The lowest BCUT2D eigenvalue weighted by Crippen LogP contribution is -2.35. The van der Waals surface area contributed by atoms with Gasteiger partial charge in [-0.1, -0.05) is 39.5 Å². The first-order chi connectivity index (χ1) is 7.26. The highest BCUT2D eigenvalue weighted by Crippen LogP contribution is 2.04. The lowest BCUT2D eigenvalue weighted by Gasteiger charge is -2.13. The molecule has 1 amide bonds. The Morgan fingerprint density at radius 1 is 1.20 bits per heavy atom. The summed E-state index contributed by atoms with van der Waals surface area (Å²) in [5.41, 5.74) is 5.55. The summed E-state index contributed by atoms with van der Waals surface area (Å²) >= 11 is 0. The van der Waals surface area contributed by atoms with Crippen molar-refractivity contribution in [3.05, 3.63) is 0 Å². The smallest absolute Gasteiger partial charge is 0.224 e. The number of hydrogen-bond donors (Lipinski definition) is 2. The van der Waals surface area contributed by atoms with E-state index in [1.54, 1.807) is 0 Å². The van der Waals surface area contributed by atoms with Gasteiger partial charge in [0.15, 0.2) is 0 Å². The average Bonchev–Trinajstić information content (AvgIpc) is 2.25. The Labute approximate surface area is 93.8 Å². The van der Waals surface area contributed by atoms with Crippen molar-refractivity contribution in [1.29, 1.82) is 0 Å². The van der Waals surface area contributed by atoms with Crippen molar-refractivity contribution in [2.24, 2.45) is 11.7 Å². The van der Waals surface area contributed by atoms with Crippen LogP contribution < -0.4 is 11.1 Å². The van der Waals surface area contributed by atoms with Crippen LogP contribution in [0.3, 0.4) is 0 Å². The summed E-state index contributed by atoms with van der Waals surface area (Å²) in [5.74, 6) is 0.150. The van der Waals surface area contributed by atoms with E-state index in [9.17, 15) is 4.79 Å². The molecule has 3 heteroatoms. The molecule has 0 radical (unpaired) electrons. The van der Waals surface area contributed by atoms with Crippen molar-refractivity contribution in [2.75, 3.05) is 13.1 Å². The van der Waals surface area contributed by atoms with Gasteiger partial charge in [0.1, 0.15) is 0 Å². The van der Waals surface area contributed by atoms with Gasteiger partial charge in [-0.05, 0) is 12.8 Å². The Morgan fingerprint density at radius 3 is 2.47 bits per heavy atom. The van der Waals surface area contributed by atoms with Crippen molar-refractivity contribution in [2.45, 2.75) is 52.4 Å². The van der Waals surface area contributed by atoms with Gasteiger partial charge in [-0.15, -0.1) is 0 Å². The molecule has 0 fully saturated rings. The number of carbonyl (C=O) groups excluding carboxylic acids is 1. The second-order valence-corrected chi connectivity index (χ2v) is 4.07. The molecule has 0 aliphatic carbocycles. The van der Waals surface area contributed by atoms with Crippen molar-refractivity contribution >= 4 is 5.91 Å². The highest BCUT2D eigenvalue weighted by atomic mass is 16.1. The highest BCUT2D eigenvalue weighted by Gasteiger charge is 2.14. The van der Waals surface area contributed by atoms with Gasteiger partial charge >= 0.3 is 0 Å². The fraction of sp³-hybridized carbons (Fsp3) is 0.917. The monoisotopic (exact) mass is 214 g/mol. The Balaban J connectivity index is 3.53. The van der Waals surface area contributed by atoms with Crippen molar-refractivity contribution in [3.63, 3.8) is 0 Å². The molecule has 0 aromatic carbocycles. The molecule has 15 heavy (non-hydrogen) atoms. The number of amides is 1. The third-order valence-corrected chi connectivity index (χ3v) is 2.62. The van der Waals surface area contributed by atoms with E-state index in [-0.39, 0.29) is 11.8 Å². The molecule has 1 unspecified atom stereocenters. The highest BCUT2D eigenvalue weighted by molar-refractivity contribution is 5.78. The number of carbonyl (C=O) groups is 1. The van der Waals surface area contributed by atoms with Crippen LogP contribution >= 0.6 is 0 Å². The second kappa shape index (κ2) is 9.97. The fourth-order valence-corrected chi connectivity index (χ4v) is 1.61. The first-order valence-corrected chi connectivity index (χ1v) is 6.24. The summed E-state index contributed by atoms with van der Waals surface area (Å²) in [7, 11) is 0. The molecule has 1 atom stereocenters. The molecule has 0 aromatic heterocycles. The molecule has 0 saturated carbocycles. The first kappa shape index (κ1) is 14.4. The molecule has 0 spiro atoms. The Bertz CT molecular complexity index is 160. The normalized spacial score (nSPS) is 12.5. The Kier molecular flexibility index (Phi) is 9.59. The van der Waals surface area contributed by atoms with Gasteiger partial charge in [0.2, 0.25) is 5.91 Å². The summed E-state index contributed by atoms with van der Waals surface area (Å²) in [6, 6.07) is 0. The van der Waals surface area contributed by atoms with E-state index in [0.717, 1.165) is 25.8 Å². The molecule has 0 saturated heterocycles. The molecule has 0 bridgehead atoms. The lowest BCUT2D eigenvalue weighted by molar-refractivity contribution is -0.124. The number of unbranched alkanes of at least 4 members (excludes halogenated alkanes) is 3. The van der Waals surface area contributed by atoms with E-state index in [1.807, 2.05) is 0 Å².